The maximum absolute atomic E-state index is 6.06. The van der Waals surface area contributed by atoms with E-state index in [9.17, 15) is 0 Å². The van der Waals surface area contributed by atoms with E-state index in [1.165, 1.54) is 5.56 Å². The SMILES string of the molecule is CCCNCc1cc(Br)c(OC2CCCOC2)c(Br)c1. The van der Waals surface area contributed by atoms with E-state index in [1.807, 2.05) is 0 Å². The van der Waals surface area contributed by atoms with Crippen molar-refractivity contribution in [2.45, 2.75) is 38.8 Å². The van der Waals surface area contributed by atoms with Gasteiger partial charge >= 0.3 is 0 Å². The second-order valence-electron chi connectivity index (χ2n) is 5.02. The zero-order chi connectivity index (χ0) is 14.4. The highest BCUT2D eigenvalue weighted by molar-refractivity contribution is 9.11. The smallest absolute Gasteiger partial charge is 0.148 e. The first-order valence-electron chi connectivity index (χ1n) is 7.13. The van der Waals surface area contributed by atoms with E-state index in [-0.39, 0.29) is 6.10 Å². The zero-order valence-corrected chi connectivity index (χ0v) is 14.9. The van der Waals surface area contributed by atoms with Crippen molar-refractivity contribution in [2.75, 3.05) is 19.8 Å². The largest absolute Gasteiger partial charge is 0.486 e. The Balaban J connectivity index is 2.01. The molecule has 5 heteroatoms. The quantitative estimate of drug-likeness (QED) is 0.715. The molecule has 0 bridgehead atoms. The first-order valence-corrected chi connectivity index (χ1v) is 8.72. The van der Waals surface area contributed by atoms with Gasteiger partial charge in [0, 0.05) is 13.2 Å². The van der Waals surface area contributed by atoms with E-state index in [1.54, 1.807) is 0 Å². The Labute approximate surface area is 137 Å². The predicted molar refractivity (Wildman–Crippen MR) is 88.3 cm³/mol. The second kappa shape index (κ2) is 8.37. The van der Waals surface area contributed by atoms with Crippen molar-refractivity contribution in [3.8, 4) is 5.75 Å². The van der Waals surface area contributed by atoms with Crippen LogP contribution in [-0.2, 0) is 11.3 Å². The molecule has 0 aromatic heterocycles. The van der Waals surface area contributed by atoms with Crippen molar-refractivity contribution >= 4 is 31.9 Å². The summed E-state index contributed by atoms with van der Waals surface area (Å²) in [6.07, 6.45) is 3.42. The van der Waals surface area contributed by atoms with Crippen LogP contribution in [0.3, 0.4) is 0 Å². The van der Waals surface area contributed by atoms with Gasteiger partial charge < -0.3 is 14.8 Å². The van der Waals surface area contributed by atoms with Crippen molar-refractivity contribution in [1.29, 1.82) is 0 Å². The summed E-state index contributed by atoms with van der Waals surface area (Å²) < 4.78 is 13.5. The average Bonchev–Trinajstić information content (AvgIpc) is 2.44. The van der Waals surface area contributed by atoms with Crippen molar-refractivity contribution < 1.29 is 9.47 Å². The van der Waals surface area contributed by atoms with E-state index in [0.29, 0.717) is 6.61 Å². The van der Waals surface area contributed by atoms with E-state index in [2.05, 4.69) is 56.2 Å². The first-order chi connectivity index (χ1) is 9.70. The fraction of sp³-hybridized carbons (Fsp3) is 0.600. The number of hydrogen-bond acceptors (Lipinski definition) is 3. The van der Waals surface area contributed by atoms with Crippen LogP contribution in [0.15, 0.2) is 21.1 Å². The minimum atomic E-state index is 0.153. The van der Waals surface area contributed by atoms with Gasteiger partial charge in [-0.15, -0.1) is 0 Å². The molecule has 3 nitrogen and oxygen atoms in total. The van der Waals surface area contributed by atoms with Crippen LogP contribution in [0.1, 0.15) is 31.7 Å². The molecule has 1 fully saturated rings. The van der Waals surface area contributed by atoms with Gasteiger partial charge in [0.05, 0.1) is 15.6 Å². The molecule has 1 heterocycles. The van der Waals surface area contributed by atoms with Crippen LogP contribution in [0.5, 0.6) is 5.75 Å². The van der Waals surface area contributed by atoms with Crippen LogP contribution in [-0.4, -0.2) is 25.9 Å². The summed E-state index contributed by atoms with van der Waals surface area (Å²) in [5.74, 6) is 0.875. The van der Waals surface area contributed by atoms with Crippen LogP contribution in [0, 0.1) is 0 Å². The Morgan fingerprint density at radius 2 is 2.10 bits per heavy atom. The molecule has 1 aromatic rings. The summed E-state index contributed by atoms with van der Waals surface area (Å²) in [5.41, 5.74) is 1.24. The van der Waals surface area contributed by atoms with Crippen molar-refractivity contribution in [3.05, 3.63) is 26.6 Å². The number of nitrogens with one attached hydrogen (secondary N) is 1. The lowest BCUT2D eigenvalue weighted by Gasteiger charge is -2.24. The molecule has 1 atom stereocenters. The second-order valence-corrected chi connectivity index (χ2v) is 6.73. The highest BCUT2D eigenvalue weighted by Gasteiger charge is 2.18. The molecule has 2 rings (SSSR count). The minimum absolute atomic E-state index is 0.153. The van der Waals surface area contributed by atoms with Crippen LogP contribution < -0.4 is 10.1 Å². The van der Waals surface area contributed by atoms with Crippen molar-refractivity contribution in [3.63, 3.8) is 0 Å². The number of hydrogen-bond donors (Lipinski definition) is 1. The third-order valence-corrected chi connectivity index (χ3v) is 4.40. The lowest BCUT2D eigenvalue weighted by Crippen LogP contribution is -2.28. The maximum atomic E-state index is 6.06. The average molecular weight is 407 g/mol. The molecular weight excluding hydrogens is 386 g/mol. The fourth-order valence-corrected chi connectivity index (χ4v) is 3.68. The Bertz CT molecular complexity index is 411. The molecule has 0 amide bonds. The van der Waals surface area contributed by atoms with Gasteiger partial charge in [-0.1, -0.05) is 6.92 Å². The molecule has 1 aromatic carbocycles. The highest BCUT2D eigenvalue weighted by Crippen LogP contribution is 2.36. The van der Waals surface area contributed by atoms with Crippen LogP contribution in [0.4, 0.5) is 0 Å². The molecular formula is C15H21Br2NO2. The van der Waals surface area contributed by atoms with Crippen LogP contribution in [0.25, 0.3) is 0 Å². The van der Waals surface area contributed by atoms with Crippen LogP contribution in [0.2, 0.25) is 0 Å². The van der Waals surface area contributed by atoms with Gasteiger partial charge in [-0.2, -0.15) is 0 Å². The third-order valence-electron chi connectivity index (χ3n) is 3.22. The zero-order valence-electron chi connectivity index (χ0n) is 11.8. The third kappa shape index (κ3) is 4.72. The molecule has 20 heavy (non-hydrogen) atoms. The Morgan fingerprint density at radius 3 is 2.70 bits per heavy atom. The Kier molecular flexibility index (Phi) is 6.81. The molecule has 0 radical (unpaired) electrons. The Hall–Kier alpha value is -0.100. The normalized spacial score (nSPS) is 19.1. The lowest BCUT2D eigenvalue weighted by molar-refractivity contribution is 0.00678. The standard InChI is InChI=1S/C15H21Br2NO2/c1-2-5-18-9-11-7-13(16)15(14(17)8-11)20-12-4-3-6-19-10-12/h7-8,12,18H,2-6,9-10H2,1H3. The summed E-state index contributed by atoms with van der Waals surface area (Å²) >= 11 is 7.22. The molecule has 0 saturated carbocycles. The molecule has 0 aliphatic carbocycles. The fourth-order valence-electron chi connectivity index (χ4n) is 2.21. The molecule has 1 N–H and O–H groups in total. The van der Waals surface area contributed by atoms with Gasteiger partial charge in [-0.3, -0.25) is 0 Å². The summed E-state index contributed by atoms with van der Waals surface area (Å²) in [5, 5.41) is 3.40. The first kappa shape index (κ1) is 16.3. The van der Waals surface area contributed by atoms with Gasteiger partial charge in [-0.05, 0) is 75.4 Å². The number of halogens is 2. The lowest BCUT2D eigenvalue weighted by atomic mass is 10.1. The summed E-state index contributed by atoms with van der Waals surface area (Å²) in [7, 11) is 0. The number of ether oxygens (including phenoxy) is 2. The van der Waals surface area contributed by atoms with E-state index in [4.69, 9.17) is 9.47 Å². The van der Waals surface area contributed by atoms with E-state index < -0.39 is 0 Å². The molecule has 1 aliphatic heterocycles. The molecule has 112 valence electrons. The van der Waals surface area contributed by atoms with Crippen molar-refractivity contribution in [2.24, 2.45) is 0 Å². The summed E-state index contributed by atoms with van der Waals surface area (Å²) in [6.45, 7) is 5.61. The number of benzene rings is 1. The van der Waals surface area contributed by atoms with Gasteiger partial charge in [0.15, 0.2) is 0 Å². The predicted octanol–water partition coefficient (Wildman–Crippen LogP) is 4.27. The van der Waals surface area contributed by atoms with Gasteiger partial charge in [-0.25, -0.2) is 0 Å². The van der Waals surface area contributed by atoms with E-state index in [0.717, 1.165) is 53.7 Å². The molecule has 1 aliphatic rings. The minimum Gasteiger partial charge on any atom is -0.486 e. The highest BCUT2D eigenvalue weighted by atomic mass is 79.9. The summed E-state index contributed by atoms with van der Waals surface area (Å²) in [4.78, 5) is 0. The topological polar surface area (TPSA) is 30.5 Å². The number of rotatable bonds is 6. The van der Waals surface area contributed by atoms with E-state index >= 15 is 0 Å². The molecule has 0 spiro atoms. The molecule has 1 unspecified atom stereocenters. The van der Waals surface area contributed by atoms with Crippen molar-refractivity contribution in [1.82, 2.24) is 5.32 Å². The van der Waals surface area contributed by atoms with Gasteiger partial charge in [0.1, 0.15) is 11.9 Å². The Morgan fingerprint density at radius 1 is 1.35 bits per heavy atom. The summed E-state index contributed by atoms with van der Waals surface area (Å²) in [6, 6.07) is 4.23. The molecule has 1 saturated heterocycles. The van der Waals surface area contributed by atoms with Gasteiger partial charge in [0.25, 0.3) is 0 Å². The monoisotopic (exact) mass is 405 g/mol. The van der Waals surface area contributed by atoms with Gasteiger partial charge in [0.2, 0.25) is 0 Å². The maximum Gasteiger partial charge on any atom is 0.148 e. The van der Waals surface area contributed by atoms with Crippen LogP contribution >= 0.6 is 31.9 Å².